The third-order valence-electron chi connectivity index (χ3n) is 3.34. The highest BCUT2D eigenvalue weighted by atomic mass is 16.5. The van der Waals surface area contributed by atoms with Crippen LogP contribution in [0.1, 0.15) is 17.2 Å². The normalized spacial score (nSPS) is 19.5. The first kappa shape index (κ1) is 12.1. The van der Waals surface area contributed by atoms with Crippen molar-refractivity contribution in [2.45, 2.75) is 13.0 Å². The van der Waals surface area contributed by atoms with Gasteiger partial charge in [-0.05, 0) is 26.6 Å². The zero-order valence-electron chi connectivity index (χ0n) is 10.6. The zero-order valence-corrected chi connectivity index (χ0v) is 10.6. The lowest BCUT2D eigenvalue weighted by Gasteiger charge is -2.44. The van der Waals surface area contributed by atoms with E-state index in [1.807, 2.05) is 20.2 Å². The first-order valence-electron chi connectivity index (χ1n) is 5.81. The fraction of sp³-hybridized carbons (Fsp3) is 0.500. The van der Waals surface area contributed by atoms with E-state index in [1.54, 1.807) is 0 Å². The first-order chi connectivity index (χ1) is 8.09. The van der Waals surface area contributed by atoms with E-state index in [0.29, 0.717) is 13.2 Å². The molecule has 0 aliphatic carbocycles. The number of nitriles is 1. The van der Waals surface area contributed by atoms with E-state index in [4.69, 9.17) is 4.74 Å². The largest absolute Gasteiger partial charge is 0.378 e. The van der Waals surface area contributed by atoms with Gasteiger partial charge in [0.1, 0.15) is 5.41 Å². The van der Waals surface area contributed by atoms with E-state index >= 15 is 0 Å². The fourth-order valence-electron chi connectivity index (χ4n) is 2.56. The van der Waals surface area contributed by atoms with Crippen molar-refractivity contribution in [2.24, 2.45) is 5.41 Å². The molecule has 0 amide bonds. The lowest BCUT2D eigenvalue weighted by Crippen LogP contribution is -2.50. The molecule has 0 spiro atoms. The molecule has 17 heavy (non-hydrogen) atoms. The summed E-state index contributed by atoms with van der Waals surface area (Å²) in [6, 6.07) is 10.9. The van der Waals surface area contributed by atoms with E-state index in [9.17, 15) is 5.26 Å². The van der Waals surface area contributed by atoms with Gasteiger partial charge in [-0.3, -0.25) is 0 Å². The number of benzene rings is 1. The molecule has 1 aromatic carbocycles. The summed E-state index contributed by atoms with van der Waals surface area (Å²) in [4.78, 5) is 2.11. The minimum Gasteiger partial charge on any atom is -0.378 e. The lowest BCUT2D eigenvalue weighted by molar-refractivity contribution is -0.115. The SMILES string of the molecule is Cc1cccc(C(N(C)C)C2(C#N)COC2)c1. The van der Waals surface area contributed by atoms with Crippen molar-refractivity contribution in [1.82, 2.24) is 4.90 Å². The number of rotatable bonds is 3. The summed E-state index contributed by atoms with van der Waals surface area (Å²) in [6.07, 6.45) is 0. The van der Waals surface area contributed by atoms with Gasteiger partial charge >= 0.3 is 0 Å². The fourth-order valence-corrected chi connectivity index (χ4v) is 2.56. The first-order valence-corrected chi connectivity index (χ1v) is 5.81. The average Bonchev–Trinajstić information content (AvgIpc) is 2.22. The molecule has 1 heterocycles. The number of aryl methyl sites for hydroxylation is 1. The van der Waals surface area contributed by atoms with Gasteiger partial charge < -0.3 is 9.64 Å². The van der Waals surface area contributed by atoms with Gasteiger partial charge in [-0.2, -0.15) is 5.26 Å². The summed E-state index contributed by atoms with van der Waals surface area (Å²) in [5, 5.41) is 9.43. The molecule has 0 saturated carbocycles. The molecular formula is C14H18N2O. The van der Waals surface area contributed by atoms with E-state index in [1.165, 1.54) is 11.1 Å². The average molecular weight is 230 g/mol. The molecule has 90 valence electrons. The number of hydrogen-bond donors (Lipinski definition) is 0. The summed E-state index contributed by atoms with van der Waals surface area (Å²) in [6.45, 7) is 3.13. The van der Waals surface area contributed by atoms with Crippen LogP contribution in [0.2, 0.25) is 0 Å². The van der Waals surface area contributed by atoms with Crippen molar-refractivity contribution < 1.29 is 4.74 Å². The molecular weight excluding hydrogens is 212 g/mol. The van der Waals surface area contributed by atoms with Crippen LogP contribution in [0, 0.1) is 23.7 Å². The lowest BCUT2D eigenvalue weighted by atomic mass is 9.75. The summed E-state index contributed by atoms with van der Waals surface area (Å²) in [5.41, 5.74) is 2.03. The Bertz CT molecular complexity index is 444. The van der Waals surface area contributed by atoms with Gasteiger partial charge in [0.05, 0.1) is 25.3 Å². The Kier molecular flexibility index (Phi) is 3.19. The Morgan fingerprint density at radius 1 is 1.41 bits per heavy atom. The van der Waals surface area contributed by atoms with Gasteiger partial charge in [-0.15, -0.1) is 0 Å². The van der Waals surface area contributed by atoms with Crippen LogP contribution in [0.4, 0.5) is 0 Å². The third-order valence-corrected chi connectivity index (χ3v) is 3.34. The molecule has 2 rings (SSSR count). The molecule has 1 aliphatic rings. The molecule has 0 N–H and O–H groups in total. The molecule has 1 saturated heterocycles. The minimum atomic E-state index is -0.392. The van der Waals surface area contributed by atoms with Crippen molar-refractivity contribution in [3.63, 3.8) is 0 Å². The molecule has 1 fully saturated rings. The summed E-state index contributed by atoms with van der Waals surface area (Å²) < 4.78 is 5.26. The van der Waals surface area contributed by atoms with Crippen molar-refractivity contribution in [1.29, 1.82) is 5.26 Å². The Balaban J connectivity index is 2.40. The Labute approximate surface area is 103 Å². The second-order valence-corrected chi connectivity index (χ2v) is 5.04. The van der Waals surface area contributed by atoms with E-state index < -0.39 is 5.41 Å². The molecule has 1 aromatic rings. The second kappa shape index (κ2) is 4.48. The zero-order chi connectivity index (χ0) is 12.5. The van der Waals surface area contributed by atoms with E-state index in [2.05, 4.69) is 36.1 Å². The summed E-state index contributed by atoms with van der Waals surface area (Å²) >= 11 is 0. The van der Waals surface area contributed by atoms with Gasteiger partial charge in [0, 0.05) is 0 Å². The number of nitrogens with zero attached hydrogens (tertiary/aromatic N) is 2. The molecule has 1 aliphatic heterocycles. The van der Waals surface area contributed by atoms with E-state index in [0.717, 1.165) is 0 Å². The molecule has 0 bridgehead atoms. The van der Waals surface area contributed by atoms with Crippen LogP contribution in [-0.4, -0.2) is 32.2 Å². The van der Waals surface area contributed by atoms with Crippen molar-refractivity contribution in [3.8, 4) is 6.07 Å². The van der Waals surface area contributed by atoms with Crippen molar-refractivity contribution in [2.75, 3.05) is 27.3 Å². The van der Waals surface area contributed by atoms with Crippen LogP contribution in [0.5, 0.6) is 0 Å². The van der Waals surface area contributed by atoms with Crippen LogP contribution >= 0.6 is 0 Å². The van der Waals surface area contributed by atoms with Crippen LogP contribution in [0.25, 0.3) is 0 Å². The number of ether oxygens (including phenoxy) is 1. The van der Waals surface area contributed by atoms with Gasteiger partial charge in [-0.25, -0.2) is 0 Å². The Hall–Kier alpha value is -1.37. The maximum atomic E-state index is 9.43. The van der Waals surface area contributed by atoms with Gasteiger partial charge in [-0.1, -0.05) is 29.8 Å². The molecule has 0 radical (unpaired) electrons. The van der Waals surface area contributed by atoms with E-state index in [-0.39, 0.29) is 6.04 Å². The highest BCUT2D eigenvalue weighted by Crippen LogP contribution is 2.42. The van der Waals surface area contributed by atoms with Crippen molar-refractivity contribution in [3.05, 3.63) is 35.4 Å². The quantitative estimate of drug-likeness (QED) is 0.798. The van der Waals surface area contributed by atoms with Gasteiger partial charge in [0.25, 0.3) is 0 Å². The van der Waals surface area contributed by atoms with Crippen molar-refractivity contribution >= 4 is 0 Å². The molecule has 1 atom stereocenters. The third kappa shape index (κ3) is 2.06. The highest BCUT2D eigenvalue weighted by Gasteiger charge is 2.48. The Morgan fingerprint density at radius 3 is 2.53 bits per heavy atom. The maximum absolute atomic E-state index is 9.43. The predicted octanol–water partition coefficient (Wildman–Crippen LogP) is 2.14. The summed E-state index contributed by atoms with van der Waals surface area (Å²) in [5.74, 6) is 0. The maximum Gasteiger partial charge on any atom is 0.123 e. The van der Waals surface area contributed by atoms with Crippen LogP contribution in [0.3, 0.4) is 0 Å². The highest BCUT2D eigenvalue weighted by molar-refractivity contribution is 5.30. The molecule has 3 heteroatoms. The van der Waals surface area contributed by atoms with Gasteiger partial charge in [0.15, 0.2) is 0 Å². The van der Waals surface area contributed by atoms with Gasteiger partial charge in [0.2, 0.25) is 0 Å². The molecule has 3 nitrogen and oxygen atoms in total. The smallest absolute Gasteiger partial charge is 0.123 e. The van der Waals surface area contributed by atoms with Crippen LogP contribution in [0.15, 0.2) is 24.3 Å². The predicted molar refractivity (Wildman–Crippen MR) is 66.5 cm³/mol. The molecule has 1 unspecified atom stereocenters. The van der Waals surface area contributed by atoms with Crippen LogP contribution in [-0.2, 0) is 4.74 Å². The monoisotopic (exact) mass is 230 g/mol. The second-order valence-electron chi connectivity index (χ2n) is 5.04. The number of hydrogen-bond acceptors (Lipinski definition) is 3. The topological polar surface area (TPSA) is 36.3 Å². The summed E-state index contributed by atoms with van der Waals surface area (Å²) in [7, 11) is 4.04. The minimum absolute atomic E-state index is 0.0983. The standard InChI is InChI=1S/C14H18N2O/c1-11-5-4-6-12(7-11)13(16(2)3)14(8-15)9-17-10-14/h4-7,13H,9-10H2,1-3H3. The molecule has 0 aromatic heterocycles. The van der Waals surface area contributed by atoms with Crippen LogP contribution < -0.4 is 0 Å². The Morgan fingerprint density at radius 2 is 2.12 bits per heavy atom.